The average molecular weight is 403 g/mol. The van der Waals surface area contributed by atoms with Crippen LogP contribution in [-0.2, 0) is 6.54 Å². The molecule has 30 heavy (non-hydrogen) atoms. The fourth-order valence-electron chi connectivity index (χ4n) is 3.00. The van der Waals surface area contributed by atoms with Gasteiger partial charge in [0.2, 0.25) is 11.7 Å². The summed E-state index contributed by atoms with van der Waals surface area (Å²) in [5.41, 5.74) is 2.45. The number of aryl methyl sites for hydroxylation is 1. The lowest BCUT2D eigenvalue weighted by Gasteiger charge is -2.03. The van der Waals surface area contributed by atoms with Gasteiger partial charge in [-0.25, -0.2) is 9.37 Å². The fourth-order valence-corrected chi connectivity index (χ4v) is 3.00. The van der Waals surface area contributed by atoms with Crippen molar-refractivity contribution in [2.24, 2.45) is 0 Å². The van der Waals surface area contributed by atoms with E-state index in [-0.39, 0.29) is 29.4 Å². The lowest BCUT2D eigenvalue weighted by Crippen LogP contribution is -2.21. The Kier molecular flexibility index (Phi) is 4.16. The molecule has 0 aliphatic carbocycles. The Bertz CT molecular complexity index is 1400. The van der Waals surface area contributed by atoms with Gasteiger partial charge in [-0.05, 0) is 31.2 Å². The third-order valence-corrected chi connectivity index (χ3v) is 4.58. The highest BCUT2D eigenvalue weighted by molar-refractivity contribution is 5.70. The van der Waals surface area contributed by atoms with Gasteiger partial charge in [-0.1, -0.05) is 40.2 Å². The second-order valence-corrected chi connectivity index (χ2v) is 6.71. The van der Waals surface area contributed by atoms with E-state index in [4.69, 9.17) is 4.52 Å². The van der Waals surface area contributed by atoms with Crippen molar-refractivity contribution in [1.82, 2.24) is 34.7 Å². The van der Waals surface area contributed by atoms with Crippen molar-refractivity contribution in [3.63, 3.8) is 0 Å². The fraction of sp³-hybridized carbons (Fsp3) is 0.100. The van der Waals surface area contributed by atoms with Gasteiger partial charge >= 0.3 is 0 Å². The number of aromatic nitrogens is 7. The third kappa shape index (κ3) is 3.13. The summed E-state index contributed by atoms with van der Waals surface area (Å²) in [6.45, 7) is 2.04. The molecule has 0 spiro atoms. The van der Waals surface area contributed by atoms with Crippen molar-refractivity contribution < 1.29 is 8.91 Å². The molecule has 2 aromatic carbocycles. The molecule has 0 aliphatic heterocycles. The molecule has 5 aromatic rings. The second kappa shape index (κ2) is 6.99. The number of nitrogens with zero attached hydrogens (tertiary/aromatic N) is 7. The molecule has 10 heteroatoms. The SMILES string of the molecule is Cc1ccc(-c2noc(Cn3cnc4c(nnn4-c4ccc(F)cc4)c3=O)n2)cc1. The Labute approximate surface area is 168 Å². The van der Waals surface area contributed by atoms with Crippen LogP contribution in [0.25, 0.3) is 28.2 Å². The quantitative estimate of drug-likeness (QED) is 0.454. The molecule has 0 bridgehead atoms. The number of hydrogen-bond acceptors (Lipinski definition) is 7. The van der Waals surface area contributed by atoms with Crippen LogP contribution in [-0.4, -0.2) is 34.7 Å². The third-order valence-electron chi connectivity index (χ3n) is 4.58. The van der Waals surface area contributed by atoms with E-state index >= 15 is 0 Å². The van der Waals surface area contributed by atoms with Gasteiger partial charge in [0, 0.05) is 5.56 Å². The van der Waals surface area contributed by atoms with Gasteiger partial charge in [-0.15, -0.1) is 5.10 Å². The first-order valence-electron chi connectivity index (χ1n) is 9.05. The van der Waals surface area contributed by atoms with Crippen LogP contribution in [0.1, 0.15) is 11.5 Å². The summed E-state index contributed by atoms with van der Waals surface area (Å²) in [6.07, 6.45) is 1.36. The summed E-state index contributed by atoms with van der Waals surface area (Å²) >= 11 is 0. The van der Waals surface area contributed by atoms with Crippen LogP contribution in [0, 0.1) is 12.7 Å². The molecule has 0 saturated carbocycles. The first kappa shape index (κ1) is 17.9. The highest BCUT2D eigenvalue weighted by atomic mass is 19.1. The summed E-state index contributed by atoms with van der Waals surface area (Å²) in [5.74, 6) is 0.331. The van der Waals surface area contributed by atoms with E-state index < -0.39 is 5.56 Å². The van der Waals surface area contributed by atoms with E-state index in [0.29, 0.717) is 11.5 Å². The van der Waals surface area contributed by atoms with Crippen molar-refractivity contribution in [1.29, 1.82) is 0 Å². The van der Waals surface area contributed by atoms with E-state index in [1.807, 2.05) is 31.2 Å². The summed E-state index contributed by atoms with van der Waals surface area (Å²) in [4.78, 5) is 21.4. The van der Waals surface area contributed by atoms with E-state index in [1.54, 1.807) is 0 Å². The molecule has 148 valence electrons. The summed E-state index contributed by atoms with van der Waals surface area (Å²) in [6, 6.07) is 13.4. The highest BCUT2D eigenvalue weighted by Crippen LogP contribution is 2.17. The molecule has 5 rings (SSSR count). The maximum absolute atomic E-state index is 13.2. The van der Waals surface area contributed by atoms with Crippen molar-refractivity contribution in [3.8, 4) is 17.1 Å². The normalized spacial score (nSPS) is 11.3. The molecule has 0 aliphatic rings. The number of halogens is 1. The Balaban J connectivity index is 1.46. The zero-order valence-corrected chi connectivity index (χ0v) is 15.7. The molecular formula is C20H14FN7O2. The smallest absolute Gasteiger partial charge is 0.284 e. The molecule has 0 fully saturated rings. The van der Waals surface area contributed by atoms with E-state index in [1.165, 1.54) is 39.8 Å². The summed E-state index contributed by atoms with van der Waals surface area (Å²) < 4.78 is 21.1. The van der Waals surface area contributed by atoms with Gasteiger partial charge in [0.1, 0.15) is 18.7 Å². The molecule has 0 amide bonds. The molecule has 0 saturated heterocycles. The van der Waals surface area contributed by atoms with E-state index in [0.717, 1.165) is 11.1 Å². The summed E-state index contributed by atoms with van der Waals surface area (Å²) in [7, 11) is 0. The largest absolute Gasteiger partial charge is 0.337 e. The predicted molar refractivity (Wildman–Crippen MR) is 104 cm³/mol. The standard InChI is InChI=1S/C20H14FN7O2/c1-12-2-4-13(5-3-12)18-23-16(30-25-18)10-27-11-22-19-17(20(27)29)24-26-28(19)15-8-6-14(21)7-9-15/h2-9,11H,10H2,1H3. The summed E-state index contributed by atoms with van der Waals surface area (Å²) in [5, 5.41) is 11.9. The van der Waals surface area contributed by atoms with Crippen LogP contribution < -0.4 is 5.56 Å². The zero-order valence-electron chi connectivity index (χ0n) is 15.7. The molecule has 3 heterocycles. The lowest BCUT2D eigenvalue weighted by molar-refractivity contribution is 0.369. The molecule has 9 nitrogen and oxygen atoms in total. The van der Waals surface area contributed by atoms with Crippen molar-refractivity contribution in [2.75, 3.05) is 0 Å². The minimum Gasteiger partial charge on any atom is -0.337 e. The van der Waals surface area contributed by atoms with Crippen molar-refractivity contribution >= 4 is 11.2 Å². The van der Waals surface area contributed by atoms with Crippen LogP contribution in [0.5, 0.6) is 0 Å². The lowest BCUT2D eigenvalue weighted by atomic mass is 10.1. The molecule has 3 aromatic heterocycles. The Morgan fingerprint density at radius 3 is 2.60 bits per heavy atom. The maximum Gasteiger partial charge on any atom is 0.284 e. The number of rotatable bonds is 4. The van der Waals surface area contributed by atoms with Crippen LogP contribution in [0.2, 0.25) is 0 Å². The molecule has 0 unspecified atom stereocenters. The van der Waals surface area contributed by atoms with E-state index in [9.17, 15) is 9.18 Å². The molecule has 0 atom stereocenters. The first-order chi connectivity index (χ1) is 14.6. The molecule has 0 radical (unpaired) electrons. The van der Waals surface area contributed by atoms with Gasteiger partial charge in [0.25, 0.3) is 5.56 Å². The topological polar surface area (TPSA) is 105 Å². The van der Waals surface area contributed by atoms with Crippen LogP contribution in [0.3, 0.4) is 0 Å². The van der Waals surface area contributed by atoms with Crippen LogP contribution in [0.15, 0.2) is 64.2 Å². The molecular weight excluding hydrogens is 389 g/mol. The van der Waals surface area contributed by atoms with Gasteiger partial charge in [0.05, 0.1) is 5.69 Å². The Morgan fingerprint density at radius 2 is 1.83 bits per heavy atom. The Morgan fingerprint density at radius 1 is 1.07 bits per heavy atom. The van der Waals surface area contributed by atoms with E-state index in [2.05, 4.69) is 25.4 Å². The van der Waals surface area contributed by atoms with Crippen molar-refractivity contribution in [2.45, 2.75) is 13.5 Å². The van der Waals surface area contributed by atoms with Gasteiger partial charge in [0.15, 0.2) is 11.2 Å². The van der Waals surface area contributed by atoms with Gasteiger partial charge in [-0.3, -0.25) is 9.36 Å². The van der Waals surface area contributed by atoms with Crippen LogP contribution in [0.4, 0.5) is 4.39 Å². The maximum atomic E-state index is 13.2. The minimum atomic E-state index is -0.400. The minimum absolute atomic E-state index is 0.0457. The Hall–Kier alpha value is -4.21. The predicted octanol–water partition coefficient (Wildman–Crippen LogP) is 2.52. The number of hydrogen-bond donors (Lipinski definition) is 0. The number of benzene rings is 2. The molecule has 0 N–H and O–H groups in total. The van der Waals surface area contributed by atoms with Crippen LogP contribution >= 0.6 is 0 Å². The highest BCUT2D eigenvalue weighted by Gasteiger charge is 2.16. The van der Waals surface area contributed by atoms with Crippen molar-refractivity contribution in [3.05, 3.63) is 82.5 Å². The second-order valence-electron chi connectivity index (χ2n) is 6.71. The van der Waals surface area contributed by atoms with Gasteiger partial charge in [-0.2, -0.15) is 9.67 Å². The zero-order chi connectivity index (χ0) is 20.7. The monoisotopic (exact) mass is 403 g/mol. The average Bonchev–Trinajstić information content (AvgIpc) is 3.39. The van der Waals surface area contributed by atoms with Gasteiger partial charge < -0.3 is 4.52 Å². The number of fused-ring (bicyclic) bond motifs is 1. The first-order valence-corrected chi connectivity index (χ1v) is 9.05.